The van der Waals surface area contributed by atoms with E-state index in [-0.39, 0.29) is 11.7 Å². The molecule has 2 heteroatoms. The first-order valence-corrected chi connectivity index (χ1v) is 5.13. The molecule has 2 atom stereocenters. The van der Waals surface area contributed by atoms with Gasteiger partial charge in [0.15, 0.2) is 5.78 Å². The van der Waals surface area contributed by atoms with Gasteiger partial charge < -0.3 is 5.11 Å². The van der Waals surface area contributed by atoms with Gasteiger partial charge in [0.05, 0.1) is 5.76 Å². The van der Waals surface area contributed by atoms with Gasteiger partial charge >= 0.3 is 0 Å². The molecular formula is C11H16O2. The van der Waals surface area contributed by atoms with Crippen LogP contribution in [0.3, 0.4) is 0 Å². The number of aliphatic hydroxyl groups excluding tert-OH is 1. The Labute approximate surface area is 78.6 Å². The summed E-state index contributed by atoms with van der Waals surface area (Å²) in [6, 6.07) is 0. The van der Waals surface area contributed by atoms with Crippen molar-refractivity contribution in [1.82, 2.24) is 0 Å². The number of carbonyl (C=O) groups is 1. The van der Waals surface area contributed by atoms with Crippen LogP contribution in [0.5, 0.6) is 0 Å². The normalized spacial score (nSPS) is 34.7. The zero-order valence-corrected chi connectivity index (χ0v) is 8.05. The summed E-state index contributed by atoms with van der Waals surface area (Å²) < 4.78 is 0. The average Bonchev–Trinajstić information content (AvgIpc) is 2.15. The summed E-state index contributed by atoms with van der Waals surface area (Å²) in [5, 5.41) is 9.55. The summed E-state index contributed by atoms with van der Waals surface area (Å²) in [5.74, 6) is 1.20. The van der Waals surface area contributed by atoms with Gasteiger partial charge in [-0.05, 0) is 25.7 Å². The lowest BCUT2D eigenvalue weighted by Crippen LogP contribution is -2.32. The maximum absolute atomic E-state index is 11.8. The molecule has 0 bridgehead atoms. The third kappa shape index (κ3) is 1.38. The average molecular weight is 180 g/mol. The van der Waals surface area contributed by atoms with Crippen molar-refractivity contribution < 1.29 is 9.90 Å². The number of rotatable bonds is 0. The topological polar surface area (TPSA) is 37.3 Å². The molecule has 0 spiro atoms. The summed E-state index contributed by atoms with van der Waals surface area (Å²) in [6.45, 7) is 1.75. The Morgan fingerprint density at radius 2 is 2.00 bits per heavy atom. The molecule has 0 aromatic carbocycles. The van der Waals surface area contributed by atoms with Gasteiger partial charge in [-0.1, -0.05) is 12.8 Å². The molecule has 72 valence electrons. The second kappa shape index (κ2) is 3.17. The van der Waals surface area contributed by atoms with Crippen LogP contribution in [0, 0.1) is 11.8 Å². The lowest BCUT2D eigenvalue weighted by molar-refractivity contribution is -0.123. The van der Waals surface area contributed by atoms with E-state index in [1.807, 2.05) is 0 Å². The molecule has 0 aromatic heterocycles. The van der Waals surface area contributed by atoms with Gasteiger partial charge in [-0.15, -0.1) is 0 Å². The molecule has 0 saturated heterocycles. The van der Waals surface area contributed by atoms with Crippen LogP contribution in [0.1, 0.15) is 39.0 Å². The molecule has 1 saturated carbocycles. The van der Waals surface area contributed by atoms with E-state index in [0.29, 0.717) is 17.3 Å². The smallest absolute Gasteiger partial charge is 0.165 e. The summed E-state index contributed by atoms with van der Waals surface area (Å²) in [7, 11) is 0. The monoisotopic (exact) mass is 180 g/mol. The SMILES string of the molecule is CC1=C(O)CC2CCCCC2C1=O. The van der Waals surface area contributed by atoms with Crippen LogP contribution in [-0.2, 0) is 4.79 Å². The minimum atomic E-state index is 0.202. The Balaban J connectivity index is 2.26. The van der Waals surface area contributed by atoms with Gasteiger partial charge in [-0.25, -0.2) is 0 Å². The Morgan fingerprint density at radius 1 is 1.31 bits per heavy atom. The van der Waals surface area contributed by atoms with Gasteiger partial charge in [0.1, 0.15) is 0 Å². The molecule has 2 unspecified atom stereocenters. The Hall–Kier alpha value is -0.790. The molecule has 0 amide bonds. The van der Waals surface area contributed by atoms with Crippen molar-refractivity contribution >= 4 is 5.78 Å². The number of Topliss-reactive ketones (excluding diaryl/α,β-unsaturated/α-hetero) is 1. The first-order valence-electron chi connectivity index (χ1n) is 5.13. The van der Waals surface area contributed by atoms with Gasteiger partial charge in [-0.2, -0.15) is 0 Å². The number of fused-ring (bicyclic) bond motifs is 1. The van der Waals surface area contributed by atoms with Gasteiger partial charge in [-0.3, -0.25) is 4.79 Å². The van der Waals surface area contributed by atoms with E-state index in [4.69, 9.17) is 0 Å². The lowest BCUT2D eigenvalue weighted by atomic mass is 9.70. The van der Waals surface area contributed by atoms with E-state index in [0.717, 1.165) is 19.3 Å². The Bertz CT molecular complexity index is 265. The number of ketones is 1. The largest absolute Gasteiger partial charge is 0.512 e. The van der Waals surface area contributed by atoms with Crippen molar-refractivity contribution in [2.75, 3.05) is 0 Å². The maximum atomic E-state index is 11.8. The lowest BCUT2D eigenvalue weighted by Gasteiger charge is -2.34. The summed E-state index contributed by atoms with van der Waals surface area (Å²) in [5.41, 5.74) is 0.614. The number of carbonyl (C=O) groups excluding carboxylic acids is 1. The van der Waals surface area contributed by atoms with Crippen molar-refractivity contribution in [3.05, 3.63) is 11.3 Å². The van der Waals surface area contributed by atoms with Gasteiger partial charge in [0.25, 0.3) is 0 Å². The van der Waals surface area contributed by atoms with E-state index < -0.39 is 0 Å². The molecule has 2 nitrogen and oxygen atoms in total. The fraction of sp³-hybridized carbons (Fsp3) is 0.727. The maximum Gasteiger partial charge on any atom is 0.165 e. The second-order valence-electron chi connectivity index (χ2n) is 4.29. The molecule has 1 N–H and O–H groups in total. The number of aliphatic hydroxyl groups is 1. The predicted octanol–water partition coefficient (Wildman–Crippen LogP) is 2.60. The van der Waals surface area contributed by atoms with Crippen LogP contribution in [0.25, 0.3) is 0 Å². The highest BCUT2D eigenvalue weighted by molar-refractivity contribution is 5.98. The number of hydrogen-bond acceptors (Lipinski definition) is 2. The number of hydrogen-bond donors (Lipinski definition) is 1. The Kier molecular flexibility index (Phi) is 2.14. The highest BCUT2D eigenvalue weighted by atomic mass is 16.3. The molecule has 0 radical (unpaired) electrons. The van der Waals surface area contributed by atoms with Crippen molar-refractivity contribution in [3.8, 4) is 0 Å². The molecule has 2 aliphatic rings. The highest BCUT2D eigenvalue weighted by Crippen LogP contribution is 2.39. The number of allylic oxidation sites excluding steroid dienone is 2. The van der Waals surface area contributed by atoms with Crippen LogP contribution in [0.4, 0.5) is 0 Å². The standard InChI is InChI=1S/C11H16O2/c1-7-10(12)6-8-4-2-3-5-9(8)11(7)13/h8-9,12H,2-6H2,1H3. The van der Waals surface area contributed by atoms with E-state index in [2.05, 4.69) is 0 Å². The van der Waals surface area contributed by atoms with Crippen LogP contribution >= 0.6 is 0 Å². The quantitative estimate of drug-likeness (QED) is 0.622. The van der Waals surface area contributed by atoms with E-state index in [9.17, 15) is 9.90 Å². The van der Waals surface area contributed by atoms with E-state index in [1.165, 1.54) is 12.8 Å². The van der Waals surface area contributed by atoms with Crippen LogP contribution < -0.4 is 0 Å². The Morgan fingerprint density at radius 3 is 2.77 bits per heavy atom. The second-order valence-corrected chi connectivity index (χ2v) is 4.29. The van der Waals surface area contributed by atoms with Crippen LogP contribution in [-0.4, -0.2) is 10.9 Å². The molecule has 0 heterocycles. The fourth-order valence-electron chi connectivity index (χ4n) is 2.62. The summed E-state index contributed by atoms with van der Waals surface area (Å²) >= 11 is 0. The third-order valence-corrected chi connectivity index (χ3v) is 3.50. The van der Waals surface area contributed by atoms with Crippen LogP contribution in [0.15, 0.2) is 11.3 Å². The predicted molar refractivity (Wildman–Crippen MR) is 50.4 cm³/mol. The molecule has 2 aliphatic carbocycles. The van der Waals surface area contributed by atoms with Crippen LogP contribution in [0.2, 0.25) is 0 Å². The molecule has 2 rings (SSSR count). The first-order chi connectivity index (χ1) is 6.20. The zero-order chi connectivity index (χ0) is 9.42. The van der Waals surface area contributed by atoms with E-state index >= 15 is 0 Å². The highest BCUT2D eigenvalue weighted by Gasteiger charge is 2.36. The van der Waals surface area contributed by atoms with E-state index in [1.54, 1.807) is 6.92 Å². The summed E-state index contributed by atoms with van der Waals surface area (Å²) in [6.07, 6.45) is 5.30. The molecule has 1 fully saturated rings. The molecule has 0 aliphatic heterocycles. The molecule has 0 aromatic rings. The first kappa shape index (κ1) is 8.79. The minimum absolute atomic E-state index is 0.202. The van der Waals surface area contributed by atoms with Gasteiger partial charge in [0, 0.05) is 17.9 Å². The van der Waals surface area contributed by atoms with Crippen molar-refractivity contribution in [2.45, 2.75) is 39.0 Å². The third-order valence-electron chi connectivity index (χ3n) is 3.50. The fourth-order valence-corrected chi connectivity index (χ4v) is 2.62. The zero-order valence-electron chi connectivity index (χ0n) is 8.05. The minimum Gasteiger partial charge on any atom is -0.512 e. The van der Waals surface area contributed by atoms with Gasteiger partial charge in [0.2, 0.25) is 0 Å². The van der Waals surface area contributed by atoms with Crippen molar-refractivity contribution in [3.63, 3.8) is 0 Å². The molecular weight excluding hydrogens is 164 g/mol. The van der Waals surface area contributed by atoms with Crippen molar-refractivity contribution in [1.29, 1.82) is 0 Å². The molecule has 13 heavy (non-hydrogen) atoms. The summed E-state index contributed by atoms with van der Waals surface area (Å²) in [4.78, 5) is 11.8. The van der Waals surface area contributed by atoms with Crippen molar-refractivity contribution in [2.24, 2.45) is 11.8 Å².